The van der Waals surface area contributed by atoms with E-state index in [-0.39, 0.29) is 18.2 Å². The molecule has 0 spiro atoms. The standard InChI is InChI=1S/C17H17F2N3O2/c1-12(13-7-9-15(10-8-13)24-17(18)19)21-22-16(23)11-20-14-5-3-2-4-6-14/h2-10,17,20H,11H2,1H3,(H,22,23)/b21-12-. The van der Waals surface area contributed by atoms with Crippen molar-refractivity contribution in [2.75, 3.05) is 11.9 Å². The van der Waals surface area contributed by atoms with Gasteiger partial charge in [-0.05, 0) is 48.9 Å². The van der Waals surface area contributed by atoms with Crippen molar-refractivity contribution in [3.8, 4) is 5.75 Å². The van der Waals surface area contributed by atoms with Gasteiger partial charge in [-0.3, -0.25) is 4.79 Å². The number of anilines is 1. The Kier molecular flexibility index (Phi) is 6.24. The van der Waals surface area contributed by atoms with Crippen LogP contribution in [0.25, 0.3) is 0 Å². The summed E-state index contributed by atoms with van der Waals surface area (Å²) in [6.07, 6.45) is 0. The van der Waals surface area contributed by atoms with E-state index in [0.717, 1.165) is 5.69 Å². The van der Waals surface area contributed by atoms with Gasteiger partial charge in [-0.1, -0.05) is 18.2 Å². The van der Waals surface area contributed by atoms with Crippen molar-refractivity contribution >= 4 is 17.3 Å². The average molecular weight is 333 g/mol. The Morgan fingerprint density at radius 2 is 1.79 bits per heavy atom. The number of para-hydroxylation sites is 1. The SMILES string of the molecule is C/C(=N/NC(=O)CNc1ccccc1)c1ccc(OC(F)F)cc1. The third-order valence-electron chi connectivity index (χ3n) is 3.07. The molecule has 0 aliphatic heterocycles. The molecule has 0 heterocycles. The van der Waals surface area contributed by atoms with E-state index < -0.39 is 6.61 Å². The second-order valence-electron chi connectivity index (χ2n) is 4.85. The van der Waals surface area contributed by atoms with E-state index in [2.05, 4.69) is 20.6 Å². The number of amides is 1. The van der Waals surface area contributed by atoms with Crippen LogP contribution in [-0.2, 0) is 4.79 Å². The highest BCUT2D eigenvalue weighted by molar-refractivity contribution is 5.99. The molecule has 24 heavy (non-hydrogen) atoms. The normalized spacial score (nSPS) is 11.2. The van der Waals surface area contributed by atoms with Crippen LogP contribution in [0.3, 0.4) is 0 Å². The Labute approximate surface area is 138 Å². The van der Waals surface area contributed by atoms with Gasteiger partial charge in [0.25, 0.3) is 5.91 Å². The molecule has 126 valence electrons. The van der Waals surface area contributed by atoms with Crippen molar-refractivity contribution in [2.45, 2.75) is 13.5 Å². The molecule has 2 rings (SSSR count). The molecule has 0 unspecified atom stereocenters. The predicted molar refractivity (Wildman–Crippen MR) is 88.4 cm³/mol. The Balaban J connectivity index is 1.85. The van der Waals surface area contributed by atoms with Gasteiger partial charge >= 0.3 is 6.61 Å². The van der Waals surface area contributed by atoms with Crippen molar-refractivity contribution in [2.24, 2.45) is 5.10 Å². The van der Waals surface area contributed by atoms with Crippen LogP contribution in [0.4, 0.5) is 14.5 Å². The molecule has 0 aliphatic carbocycles. The molecule has 0 saturated carbocycles. The molecule has 0 aromatic heterocycles. The molecule has 2 aromatic carbocycles. The lowest BCUT2D eigenvalue weighted by Gasteiger charge is -2.07. The van der Waals surface area contributed by atoms with Crippen LogP contribution >= 0.6 is 0 Å². The van der Waals surface area contributed by atoms with E-state index >= 15 is 0 Å². The molecule has 0 radical (unpaired) electrons. The number of hydrazone groups is 1. The van der Waals surface area contributed by atoms with Crippen LogP contribution < -0.4 is 15.5 Å². The summed E-state index contributed by atoms with van der Waals surface area (Å²) in [6.45, 7) is -1.07. The summed E-state index contributed by atoms with van der Waals surface area (Å²) in [6, 6.07) is 15.3. The first kappa shape index (κ1) is 17.4. The van der Waals surface area contributed by atoms with E-state index in [0.29, 0.717) is 11.3 Å². The third kappa shape index (κ3) is 5.68. The number of alkyl halides is 2. The molecule has 0 fully saturated rings. The highest BCUT2D eigenvalue weighted by Crippen LogP contribution is 2.15. The van der Waals surface area contributed by atoms with E-state index in [9.17, 15) is 13.6 Å². The van der Waals surface area contributed by atoms with Crippen LogP contribution in [0.15, 0.2) is 59.7 Å². The van der Waals surface area contributed by atoms with E-state index in [1.807, 2.05) is 30.3 Å². The zero-order valence-corrected chi connectivity index (χ0v) is 13.0. The van der Waals surface area contributed by atoms with Crippen molar-refractivity contribution in [1.29, 1.82) is 0 Å². The van der Waals surface area contributed by atoms with Gasteiger partial charge in [-0.25, -0.2) is 5.43 Å². The van der Waals surface area contributed by atoms with Gasteiger partial charge in [0.1, 0.15) is 5.75 Å². The van der Waals surface area contributed by atoms with Crippen molar-refractivity contribution in [3.05, 3.63) is 60.2 Å². The molecule has 5 nitrogen and oxygen atoms in total. The number of hydrogen-bond acceptors (Lipinski definition) is 4. The number of ether oxygens (including phenoxy) is 1. The molecule has 2 N–H and O–H groups in total. The Bertz CT molecular complexity index is 689. The maximum absolute atomic E-state index is 12.1. The second-order valence-corrected chi connectivity index (χ2v) is 4.85. The highest BCUT2D eigenvalue weighted by atomic mass is 19.3. The summed E-state index contributed by atoms with van der Waals surface area (Å²) < 4.78 is 28.4. The zero-order chi connectivity index (χ0) is 17.4. The highest BCUT2D eigenvalue weighted by Gasteiger charge is 2.05. The molecule has 0 saturated heterocycles. The van der Waals surface area contributed by atoms with Crippen LogP contribution in [0.5, 0.6) is 5.75 Å². The molecule has 2 aromatic rings. The van der Waals surface area contributed by atoms with Crippen LogP contribution in [0.2, 0.25) is 0 Å². The lowest BCUT2D eigenvalue weighted by atomic mass is 10.1. The number of nitrogens with zero attached hydrogens (tertiary/aromatic N) is 1. The van der Waals surface area contributed by atoms with E-state index in [1.54, 1.807) is 19.1 Å². The summed E-state index contributed by atoms with van der Waals surface area (Å²) >= 11 is 0. The fourth-order valence-electron chi connectivity index (χ4n) is 1.87. The van der Waals surface area contributed by atoms with Gasteiger partial charge in [0.2, 0.25) is 0 Å². The molecule has 7 heteroatoms. The van der Waals surface area contributed by atoms with Gasteiger partial charge in [-0.2, -0.15) is 13.9 Å². The molecule has 0 bridgehead atoms. The van der Waals surface area contributed by atoms with Crippen molar-refractivity contribution in [1.82, 2.24) is 5.43 Å². The van der Waals surface area contributed by atoms with Crippen LogP contribution in [-0.4, -0.2) is 24.8 Å². The van der Waals surface area contributed by atoms with Gasteiger partial charge in [-0.15, -0.1) is 0 Å². The summed E-state index contributed by atoms with van der Waals surface area (Å²) in [4.78, 5) is 11.7. The molecular weight excluding hydrogens is 316 g/mol. The largest absolute Gasteiger partial charge is 0.435 e. The summed E-state index contributed by atoms with van der Waals surface area (Å²) in [5, 5.41) is 6.95. The molecule has 0 aliphatic rings. The zero-order valence-electron chi connectivity index (χ0n) is 13.0. The Morgan fingerprint density at radius 3 is 2.42 bits per heavy atom. The first-order valence-corrected chi connectivity index (χ1v) is 7.22. The Morgan fingerprint density at radius 1 is 1.12 bits per heavy atom. The minimum Gasteiger partial charge on any atom is -0.435 e. The monoisotopic (exact) mass is 333 g/mol. The molecule has 1 amide bonds. The van der Waals surface area contributed by atoms with Gasteiger partial charge < -0.3 is 10.1 Å². The number of benzene rings is 2. The van der Waals surface area contributed by atoms with Gasteiger partial charge in [0.15, 0.2) is 0 Å². The topological polar surface area (TPSA) is 62.7 Å². The minimum absolute atomic E-state index is 0.0673. The maximum Gasteiger partial charge on any atom is 0.387 e. The number of hydrogen-bond donors (Lipinski definition) is 2. The number of carbonyl (C=O) groups is 1. The average Bonchev–Trinajstić information content (AvgIpc) is 2.59. The molecular formula is C17H17F2N3O2. The number of nitrogens with one attached hydrogen (secondary N) is 2. The number of halogens is 2. The van der Waals surface area contributed by atoms with Gasteiger partial charge in [0, 0.05) is 5.69 Å². The smallest absolute Gasteiger partial charge is 0.387 e. The van der Waals surface area contributed by atoms with Crippen LogP contribution in [0, 0.1) is 0 Å². The fraction of sp³-hybridized carbons (Fsp3) is 0.176. The first-order valence-electron chi connectivity index (χ1n) is 7.22. The number of carbonyl (C=O) groups excluding carboxylic acids is 1. The van der Waals surface area contributed by atoms with Crippen molar-refractivity contribution in [3.63, 3.8) is 0 Å². The van der Waals surface area contributed by atoms with Crippen molar-refractivity contribution < 1.29 is 18.3 Å². The molecule has 0 atom stereocenters. The maximum atomic E-state index is 12.1. The first-order chi connectivity index (χ1) is 11.5. The van der Waals surface area contributed by atoms with Gasteiger partial charge in [0.05, 0.1) is 12.3 Å². The summed E-state index contributed by atoms with van der Waals surface area (Å²) in [5.74, 6) is -0.228. The third-order valence-corrected chi connectivity index (χ3v) is 3.07. The Hall–Kier alpha value is -2.96. The minimum atomic E-state index is -2.86. The quantitative estimate of drug-likeness (QED) is 0.604. The second kappa shape index (κ2) is 8.61. The number of rotatable bonds is 7. The lowest BCUT2D eigenvalue weighted by Crippen LogP contribution is -2.26. The summed E-state index contributed by atoms with van der Waals surface area (Å²) in [5.41, 5.74) is 4.51. The predicted octanol–water partition coefficient (Wildman–Crippen LogP) is 3.24. The summed E-state index contributed by atoms with van der Waals surface area (Å²) in [7, 11) is 0. The van der Waals surface area contributed by atoms with E-state index in [4.69, 9.17) is 0 Å². The fourth-order valence-corrected chi connectivity index (χ4v) is 1.87. The lowest BCUT2D eigenvalue weighted by molar-refractivity contribution is -0.119. The van der Waals surface area contributed by atoms with Crippen LogP contribution in [0.1, 0.15) is 12.5 Å². The van der Waals surface area contributed by atoms with E-state index in [1.165, 1.54) is 12.1 Å².